The number of esters is 1. The molecule has 0 aromatic heterocycles. The van der Waals surface area contributed by atoms with Crippen LogP contribution in [0, 0.1) is 5.92 Å². The summed E-state index contributed by atoms with van der Waals surface area (Å²) in [6.45, 7) is 10.1. The zero-order valence-electron chi connectivity index (χ0n) is 15.5. The van der Waals surface area contributed by atoms with Crippen LogP contribution in [-0.2, 0) is 9.53 Å². The molecule has 1 aliphatic rings. The number of likely N-dealkylation sites (tertiary alicyclic amines) is 1. The highest BCUT2D eigenvalue weighted by atomic mass is 32.1. The Bertz CT molecular complexity index is 573. The molecule has 1 aliphatic heterocycles. The van der Waals surface area contributed by atoms with E-state index in [1.54, 1.807) is 0 Å². The molecule has 1 fully saturated rings. The zero-order chi connectivity index (χ0) is 18.2. The summed E-state index contributed by atoms with van der Waals surface area (Å²) in [5.74, 6) is -0.197. The first-order valence-electron chi connectivity index (χ1n) is 9.16. The number of hydrogen-bond donors (Lipinski definition) is 1. The molecule has 0 bridgehead atoms. The topological polar surface area (TPSA) is 44.8 Å². The lowest BCUT2D eigenvalue weighted by Gasteiger charge is -2.33. The molecule has 1 unspecified atom stereocenters. The van der Waals surface area contributed by atoms with Crippen LogP contribution in [0.4, 0.5) is 11.4 Å². The molecular formula is C19H29N3O2S. The van der Waals surface area contributed by atoms with Crippen molar-refractivity contribution in [3.05, 3.63) is 24.3 Å². The fourth-order valence-electron chi connectivity index (χ4n) is 3.16. The molecule has 0 spiro atoms. The lowest BCUT2D eigenvalue weighted by molar-refractivity contribution is -0.149. The van der Waals surface area contributed by atoms with E-state index < -0.39 is 0 Å². The first-order valence-corrected chi connectivity index (χ1v) is 9.57. The summed E-state index contributed by atoms with van der Waals surface area (Å²) in [6, 6.07) is 8.31. The van der Waals surface area contributed by atoms with Gasteiger partial charge >= 0.3 is 5.97 Å². The Morgan fingerprint density at radius 1 is 1.28 bits per heavy atom. The van der Waals surface area contributed by atoms with Gasteiger partial charge in [0.05, 0.1) is 12.5 Å². The van der Waals surface area contributed by atoms with Gasteiger partial charge in [0.2, 0.25) is 0 Å². The number of benzene rings is 1. The van der Waals surface area contributed by atoms with Crippen molar-refractivity contribution in [3.8, 4) is 0 Å². The number of rotatable bonds is 6. The SMILES string of the molecule is CCOC(=O)C1CCCN(C(=S)Nc2ccc(N(CC)CC)cc2)C1. The average molecular weight is 364 g/mol. The quantitative estimate of drug-likeness (QED) is 0.616. The van der Waals surface area contributed by atoms with Crippen LogP contribution in [0.2, 0.25) is 0 Å². The van der Waals surface area contributed by atoms with Gasteiger partial charge in [0.25, 0.3) is 0 Å². The molecule has 0 saturated carbocycles. The second-order valence-corrected chi connectivity index (χ2v) is 6.57. The Morgan fingerprint density at radius 3 is 2.56 bits per heavy atom. The Hall–Kier alpha value is -1.82. The van der Waals surface area contributed by atoms with E-state index in [-0.39, 0.29) is 11.9 Å². The molecule has 1 atom stereocenters. The van der Waals surface area contributed by atoms with Gasteiger partial charge in [-0.05, 0) is 70.1 Å². The third-order valence-electron chi connectivity index (χ3n) is 4.58. The lowest BCUT2D eigenvalue weighted by atomic mass is 9.98. The van der Waals surface area contributed by atoms with E-state index in [1.807, 2.05) is 19.1 Å². The maximum Gasteiger partial charge on any atom is 0.310 e. The van der Waals surface area contributed by atoms with Crippen molar-refractivity contribution in [1.82, 2.24) is 4.90 Å². The van der Waals surface area contributed by atoms with Crippen LogP contribution in [-0.4, -0.2) is 48.8 Å². The van der Waals surface area contributed by atoms with Crippen LogP contribution >= 0.6 is 12.2 Å². The summed E-state index contributed by atoms with van der Waals surface area (Å²) in [5, 5.41) is 3.96. The number of hydrogen-bond acceptors (Lipinski definition) is 4. The highest BCUT2D eigenvalue weighted by molar-refractivity contribution is 7.80. The van der Waals surface area contributed by atoms with Crippen molar-refractivity contribution < 1.29 is 9.53 Å². The molecule has 1 heterocycles. The minimum absolute atomic E-state index is 0.0847. The number of carbonyl (C=O) groups is 1. The van der Waals surface area contributed by atoms with E-state index >= 15 is 0 Å². The van der Waals surface area contributed by atoms with Crippen molar-refractivity contribution in [2.45, 2.75) is 33.6 Å². The molecule has 0 radical (unpaired) electrons. The summed E-state index contributed by atoms with van der Waals surface area (Å²) in [4.78, 5) is 16.3. The normalized spacial score (nSPS) is 17.1. The Morgan fingerprint density at radius 2 is 1.96 bits per heavy atom. The molecule has 2 rings (SSSR count). The largest absolute Gasteiger partial charge is 0.466 e. The van der Waals surface area contributed by atoms with Crippen LogP contribution in [0.1, 0.15) is 33.6 Å². The second-order valence-electron chi connectivity index (χ2n) is 6.19. The first-order chi connectivity index (χ1) is 12.1. The van der Waals surface area contributed by atoms with Gasteiger partial charge in [-0.25, -0.2) is 0 Å². The predicted molar refractivity (Wildman–Crippen MR) is 107 cm³/mol. The molecule has 0 aliphatic carbocycles. The summed E-state index contributed by atoms with van der Waals surface area (Å²) in [7, 11) is 0. The van der Waals surface area contributed by atoms with E-state index in [4.69, 9.17) is 17.0 Å². The van der Waals surface area contributed by atoms with Gasteiger partial charge in [-0.3, -0.25) is 4.79 Å². The van der Waals surface area contributed by atoms with Crippen LogP contribution in [0.3, 0.4) is 0 Å². The van der Waals surface area contributed by atoms with Gasteiger partial charge in [-0.1, -0.05) is 0 Å². The Kier molecular flexibility index (Phi) is 7.50. The number of thiocarbonyl (C=S) groups is 1. The molecule has 0 amide bonds. The van der Waals surface area contributed by atoms with Crippen LogP contribution in [0.5, 0.6) is 0 Å². The lowest BCUT2D eigenvalue weighted by Crippen LogP contribution is -2.44. The molecule has 1 aromatic rings. The smallest absolute Gasteiger partial charge is 0.310 e. The van der Waals surface area contributed by atoms with E-state index in [0.29, 0.717) is 18.3 Å². The minimum atomic E-state index is -0.112. The molecule has 5 nitrogen and oxygen atoms in total. The van der Waals surface area contributed by atoms with Gasteiger partial charge in [0.1, 0.15) is 0 Å². The van der Waals surface area contributed by atoms with Crippen LogP contribution in [0.15, 0.2) is 24.3 Å². The third-order valence-corrected chi connectivity index (χ3v) is 4.94. The van der Waals surface area contributed by atoms with Gasteiger partial charge in [0, 0.05) is 37.6 Å². The molecule has 1 saturated heterocycles. The minimum Gasteiger partial charge on any atom is -0.466 e. The molecule has 6 heteroatoms. The highest BCUT2D eigenvalue weighted by Crippen LogP contribution is 2.21. The number of anilines is 2. The van der Waals surface area contributed by atoms with E-state index in [1.165, 1.54) is 5.69 Å². The number of nitrogens with zero attached hydrogens (tertiary/aromatic N) is 2. The second kappa shape index (κ2) is 9.61. The van der Waals surface area contributed by atoms with E-state index in [9.17, 15) is 4.79 Å². The Balaban J connectivity index is 1.93. The molecule has 1 N–H and O–H groups in total. The molecule has 25 heavy (non-hydrogen) atoms. The fourth-order valence-corrected chi connectivity index (χ4v) is 3.44. The summed E-state index contributed by atoms with van der Waals surface area (Å²) >= 11 is 5.54. The maximum atomic E-state index is 12.0. The van der Waals surface area contributed by atoms with Crippen LogP contribution in [0.25, 0.3) is 0 Å². The van der Waals surface area contributed by atoms with Crippen molar-refractivity contribution in [2.24, 2.45) is 5.92 Å². The summed E-state index contributed by atoms with van der Waals surface area (Å²) in [5.41, 5.74) is 2.18. The van der Waals surface area contributed by atoms with Crippen molar-refractivity contribution in [2.75, 3.05) is 43.0 Å². The third kappa shape index (κ3) is 5.33. The zero-order valence-corrected chi connectivity index (χ0v) is 16.3. The predicted octanol–water partition coefficient (Wildman–Crippen LogP) is 3.50. The monoisotopic (exact) mass is 363 g/mol. The van der Waals surface area contributed by atoms with Gasteiger partial charge < -0.3 is 19.9 Å². The molecular weight excluding hydrogens is 334 g/mol. The van der Waals surface area contributed by atoms with Gasteiger partial charge in [0.15, 0.2) is 5.11 Å². The average Bonchev–Trinajstić information content (AvgIpc) is 2.64. The molecule has 138 valence electrons. The van der Waals surface area contributed by atoms with E-state index in [2.05, 4.69) is 41.1 Å². The maximum absolute atomic E-state index is 12.0. The number of carbonyl (C=O) groups excluding carboxylic acids is 1. The van der Waals surface area contributed by atoms with Crippen molar-refractivity contribution in [3.63, 3.8) is 0 Å². The number of ether oxygens (including phenoxy) is 1. The Labute approximate surface area is 156 Å². The van der Waals surface area contributed by atoms with Crippen molar-refractivity contribution in [1.29, 1.82) is 0 Å². The summed E-state index contributed by atoms with van der Waals surface area (Å²) in [6.07, 6.45) is 1.82. The van der Waals surface area contributed by atoms with Crippen molar-refractivity contribution >= 4 is 34.7 Å². The number of nitrogens with one attached hydrogen (secondary N) is 1. The molecule has 1 aromatic carbocycles. The highest BCUT2D eigenvalue weighted by Gasteiger charge is 2.28. The fraction of sp³-hybridized carbons (Fsp3) is 0.579. The standard InChI is InChI=1S/C19H29N3O2S/c1-4-21(5-2)17-11-9-16(10-12-17)20-19(25)22-13-7-8-15(14-22)18(23)24-6-3/h9-12,15H,4-8,13-14H2,1-3H3,(H,20,25). The van der Waals surface area contributed by atoms with Gasteiger partial charge in [-0.2, -0.15) is 0 Å². The van der Waals surface area contributed by atoms with Gasteiger partial charge in [-0.15, -0.1) is 0 Å². The first kappa shape index (κ1) is 19.5. The van der Waals surface area contributed by atoms with Crippen LogP contribution < -0.4 is 10.2 Å². The van der Waals surface area contributed by atoms with E-state index in [0.717, 1.165) is 38.2 Å². The summed E-state index contributed by atoms with van der Waals surface area (Å²) < 4.78 is 5.15. The number of piperidine rings is 1.